The van der Waals surface area contributed by atoms with Gasteiger partial charge < -0.3 is 20.3 Å². The molecular weight excluding hydrogens is 226 g/mol. The van der Waals surface area contributed by atoms with Gasteiger partial charge in [0.25, 0.3) is 0 Å². The van der Waals surface area contributed by atoms with Gasteiger partial charge in [-0.2, -0.15) is 0 Å². The van der Waals surface area contributed by atoms with Crippen LogP contribution in [0.2, 0.25) is 0 Å². The van der Waals surface area contributed by atoms with E-state index in [4.69, 9.17) is 9.84 Å². The Kier molecular flexibility index (Phi) is 3.09. The van der Waals surface area contributed by atoms with Crippen molar-refractivity contribution in [3.05, 3.63) is 0 Å². The Morgan fingerprint density at radius 2 is 2.18 bits per heavy atom. The number of carbonyl (C=O) groups excluding carboxylic acids is 1. The van der Waals surface area contributed by atoms with Crippen LogP contribution in [-0.2, 0) is 14.3 Å². The topological polar surface area (TPSA) is 95.9 Å². The standard InChI is InChI=1S/C11H17NO5/c1-6-11(16,2-3-17-6)5-12-9(13)7-4-8(7)10(14)15/h6-8,16H,2-5H2,1H3,(H,12,13)(H,14,15). The zero-order valence-electron chi connectivity index (χ0n) is 9.68. The molecule has 1 heterocycles. The number of rotatable bonds is 4. The molecule has 1 aliphatic carbocycles. The summed E-state index contributed by atoms with van der Waals surface area (Å²) in [6, 6.07) is 0. The average molecular weight is 243 g/mol. The van der Waals surface area contributed by atoms with Gasteiger partial charge in [0.1, 0.15) is 5.60 Å². The lowest BCUT2D eigenvalue weighted by Crippen LogP contribution is -2.48. The van der Waals surface area contributed by atoms with E-state index in [1.54, 1.807) is 6.92 Å². The Bertz CT molecular complexity index is 345. The number of nitrogens with one attached hydrogen (secondary N) is 1. The second kappa shape index (κ2) is 4.27. The first kappa shape index (κ1) is 12.3. The molecule has 6 heteroatoms. The number of hydrogen-bond donors (Lipinski definition) is 3. The summed E-state index contributed by atoms with van der Waals surface area (Å²) in [5, 5.41) is 21.4. The lowest BCUT2D eigenvalue weighted by Gasteiger charge is -2.26. The molecule has 17 heavy (non-hydrogen) atoms. The van der Waals surface area contributed by atoms with Crippen molar-refractivity contribution in [2.24, 2.45) is 11.8 Å². The van der Waals surface area contributed by atoms with Gasteiger partial charge in [-0.25, -0.2) is 0 Å². The fraction of sp³-hybridized carbons (Fsp3) is 0.818. The maximum Gasteiger partial charge on any atom is 0.307 e. The van der Waals surface area contributed by atoms with Gasteiger partial charge in [0.05, 0.1) is 17.9 Å². The first-order valence-corrected chi connectivity index (χ1v) is 5.78. The smallest absolute Gasteiger partial charge is 0.307 e. The highest BCUT2D eigenvalue weighted by Crippen LogP contribution is 2.38. The fourth-order valence-corrected chi connectivity index (χ4v) is 2.13. The lowest BCUT2D eigenvalue weighted by molar-refractivity contribution is -0.140. The second-order valence-electron chi connectivity index (χ2n) is 4.87. The van der Waals surface area contributed by atoms with E-state index in [0.717, 1.165) is 0 Å². The Morgan fingerprint density at radius 1 is 1.47 bits per heavy atom. The van der Waals surface area contributed by atoms with E-state index in [1.165, 1.54) is 0 Å². The first-order valence-electron chi connectivity index (χ1n) is 5.78. The summed E-state index contributed by atoms with van der Waals surface area (Å²) in [6.45, 7) is 2.36. The number of aliphatic hydroxyl groups is 1. The number of ether oxygens (including phenoxy) is 1. The molecule has 4 unspecified atom stereocenters. The van der Waals surface area contributed by atoms with Gasteiger partial charge in [-0.3, -0.25) is 9.59 Å². The molecule has 96 valence electrons. The first-order chi connectivity index (χ1) is 7.94. The summed E-state index contributed by atoms with van der Waals surface area (Å²) in [6.07, 6.45) is 0.574. The molecule has 0 bridgehead atoms. The maximum atomic E-state index is 11.6. The number of carboxylic acid groups (broad SMARTS) is 1. The molecule has 0 radical (unpaired) electrons. The molecular formula is C11H17NO5. The number of carbonyl (C=O) groups is 2. The summed E-state index contributed by atoms with van der Waals surface area (Å²) >= 11 is 0. The van der Waals surface area contributed by atoms with Gasteiger partial charge in [-0.1, -0.05) is 0 Å². The zero-order chi connectivity index (χ0) is 12.6. The molecule has 6 nitrogen and oxygen atoms in total. The molecule has 2 rings (SSSR count). The molecule has 0 spiro atoms. The quantitative estimate of drug-likeness (QED) is 0.610. The minimum atomic E-state index is -1.02. The number of aliphatic carboxylic acids is 1. The Balaban J connectivity index is 1.79. The molecule has 1 aliphatic heterocycles. The third kappa shape index (κ3) is 2.42. The third-order valence-corrected chi connectivity index (χ3v) is 3.67. The van der Waals surface area contributed by atoms with Crippen LogP contribution in [0.1, 0.15) is 19.8 Å². The summed E-state index contributed by atoms with van der Waals surface area (Å²) < 4.78 is 5.24. The molecule has 2 aliphatic rings. The van der Waals surface area contributed by atoms with E-state index in [2.05, 4.69) is 5.32 Å². The van der Waals surface area contributed by atoms with Crippen LogP contribution in [0.4, 0.5) is 0 Å². The van der Waals surface area contributed by atoms with Crippen LogP contribution in [-0.4, -0.2) is 46.9 Å². The van der Waals surface area contributed by atoms with E-state index in [0.29, 0.717) is 19.4 Å². The molecule has 1 saturated carbocycles. The molecule has 2 fully saturated rings. The Labute approximate surface area is 99.0 Å². The van der Waals surface area contributed by atoms with E-state index >= 15 is 0 Å². The van der Waals surface area contributed by atoms with Gasteiger partial charge >= 0.3 is 5.97 Å². The van der Waals surface area contributed by atoms with E-state index < -0.39 is 23.4 Å². The van der Waals surface area contributed by atoms with Crippen molar-refractivity contribution in [2.75, 3.05) is 13.2 Å². The van der Waals surface area contributed by atoms with Crippen molar-refractivity contribution in [3.8, 4) is 0 Å². The van der Waals surface area contributed by atoms with E-state index in [9.17, 15) is 14.7 Å². The highest BCUT2D eigenvalue weighted by Gasteiger charge is 2.49. The van der Waals surface area contributed by atoms with Crippen LogP contribution < -0.4 is 5.32 Å². The monoisotopic (exact) mass is 243 g/mol. The predicted octanol–water partition coefficient (Wildman–Crippen LogP) is -0.637. The molecule has 0 aromatic carbocycles. The van der Waals surface area contributed by atoms with Gasteiger partial charge in [0, 0.05) is 19.6 Å². The third-order valence-electron chi connectivity index (χ3n) is 3.67. The minimum Gasteiger partial charge on any atom is -0.481 e. The summed E-state index contributed by atoms with van der Waals surface area (Å²) in [5.41, 5.74) is -1.02. The van der Waals surface area contributed by atoms with E-state index in [1.807, 2.05) is 0 Å². The zero-order valence-corrected chi connectivity index (χ0v) is 9.68. The lowest BCUT2D eigenvalue weighted by atomic mass is 9.96. The van der Waals surface area contributed by atoms with Crippen molar-refractivity contribution >= 4 is 11.9 Å². The molecule has 0 aromatic heterocycles. The normalized spacial score (nSPS) is 40.0. The summed E-state index contributed by atoms with van der Waals surface area (Å²) in [4.78, 5) is 22.2. The van der Waals surface area contributed by atoms with Crippen molar-refractivity contribution in [2.45, 2.75) is 31.5 Å². The van der Waals surface area contributed by atoms with Crippen molar-refractivity contribution in [1.82, 2.24) is 5.32 Å². The maximum absolute atomic E-state index is 11.6. The predicted molar refractivity (Wildman–Crippen MR) is 57.2 cm³/mol. The molecule has 0 aromatic rings. The van der Waals surface area contributed by atoms with Crippen molar-refractivity contribution in [3.63, 3.8) is 0 Å². The summed E-state index contributed by atoms with van der Waals surface area (Å²) in [5.74, 6) is -2.21. The molecule has 1 saturated heterocycles. The number of hydrogen-bond acceptors (Lipinski definition) is 4. The van der Waals surface area contributed by atoms with Crippen LogP contribution >= 0.6 is 0 Å². The van der Waals surface area contributed by atoms with E-state index in [-0.39, 0.29) is 18.6 Å². The number of carboxylic acids is 1. The number of amides is 1. The molecule has 4 atom stereocenters. The highest BCUT2D eigenvalue weighted by molar-refractivity contribution is 5.89. The van der Waals surface area contributed by atoms with Crippen LogP contribution in [0, 0.1) is 11.8 Å². The minimum absolute atomic E-state index is 0.121. The van der Waals surface area contributed by atoms with Crippen molar-refractivity contribution in [1.29, 1.82) is 0 Å². The van der Waals surface area contributed by atoms with Crippen LogP contribution in [0.25, 0.3) is 0 Å². The average Bonchev–Trinajstić information content (AvgIpc) is 3.00. The van der Waals surface area contributed by atoms with Gasteiger partial charge in [-0.15, -0.1) is 0 Å². The van der Waals surface area contributed by atoms with Gasteiger partial charge in [0.2, 0.25) is 5.91 Å². The highest BCUT2D eigenvalue weighted by atomic mass is 16.5. The molecule has 3 N–H and O–H groups in total. The fourth-order valence-electron chi connectivity index (χ4n) is 2.13. The van der Waals surface area contributed by atoms with Crippen LogP contribution in [0.3, 0.4) is 0 Å². The second-order valence-corrected chi connectivity index (χ2v) is 4.87. The van der Waals surface area contributed by atoms with Gasteiger partial charge in [-0.05, 0) is 13.3 Å². The molecule has 1 amide bonds. The van der Waals surface area contributed by atoms with Crippen LogP contribution in [0.15, 0.2) is 0 Å². The summed E-state index contributed by atoms with van der Waals surface area (Å²) in [7, 11) is 0. The van der Waals surface area contributed by atoms with Crippen LogP contribution in [0.5, 0.6) is 0 Å². The largest absolute Gasteiger partial charge is 0.481 e. The van der Waals surface area contributed by atoms with Crippen molar-refractivity contribution < 1.29 is 24.5 Å². The van der Waals surface area contributed by atoms with Gasteiger partial charge in [0.15, 0.2) is 0 Å². The Hall–Kier alpha value is -1.14. The SMILES string of the molecule is CC1OCCC1(O)CNC(=O)C1CC1C(=O)O. The Morgan fingerprint density at radius 3 is 2.65 bits per heavy atom.